The number of aliphatic imine (C=N–C) groups is 1. The van der Waals surface area contributed by atoms with Crippen molar-refractivity contribution in [1.29, 1.82) is 10.8 Å². The second-order valence-corrected chi connectivity index (χ2v) is 3.44. The molecule has 0 aromatic rings. The van der Waals surface area contributed by atoms with Gasteiger partial charge >= 0.3 is 0 Å². The molecule has 0 radical (unpaired) electrons. The predicted octanol–water partition coefficient (Wildman–Crippen LogP) is 1.02. The molecular formula is C10H18N4O. The number of nitrogens with zero attached hydrogens (tertiary/aromatic N) is 1. The first-order valence-electron chi connectivity index (χ1n) is 4.87. The van der Waals surface area contributed by atoms with E-state index in [0.29, 0.717) is 5.71 Å². The Kier molecular flexibility index (Phi) is 5.44. The highest BCUT2D eigenvalue weighted by Gasteiger charge is 2.21. The van der Waals surface area contributed by atoms with Gasteiger partial charge in [-0.25, -0.2) is 0 Å². The van der Waals surface area contributed by atoms with Gasteiger partial charge in [-0.15, -0.1) is 0 Å². The Morgan fingerprint density at radius 3 is 2.40 bits per heavy atom. The van der Waals surface area contributed by atoms with Crippen LogP contribution < -0.4 is 5.73 Å². The minimum atomic E-state index is -0.878. The number of hydrogen-bond acceptors (Lipinski definition) is 4. The maximum Gasteiger partial charge on any atom is 0.232 e. The van der Waals surface area contributed by atoms with Crippen molar-refractivity contribution in [1.82, 2.24) is 0 Å². The van der Waals surface area contributed by atoms with Crippen molar-refractivity contribution >= 4 is 23.5 Å². The molecule has 0 heterocycles. The largest absolute Gasteiger partial charge is 0.369 e. The highest BCUT2D eigenvalue weighted by Crippen LogP contribution is 2.04. The van der Waals surface area contributed by atoms with E-state index in [1.807, 2.05) is 13.8 Å². The van der Waals surface area contributed by atoms with E-state index in [0.717, 1.165) is 12.6 Å². The SMILES string of the molecule is CCC(C)N=C(C(C)=N)C(C=N)C(N)=O. The number of primary amides is 1. The minimum Gasteiger partial charge on any atom is -0.369 e. The van der Waals surface area contributed by atoms with Crippen molar-refractivity contribution in [2.75, 3.05) is 0 Å². The first-order valence-corrected chi connectivity index (χ1v) is 4.87. The molecule has 0 spiro atoms. The smallest absolute Gasteiger partial charge is 0.232 e. The maximum atomic E-state index is 11.0. The molecule has 0 aliphatic rings. The molecule has 0 saturated carbocycles. The number of rotatable bonds is 6. The monoisotopic (exact) mass is 210 g/mol. The zero-order valence-electron chi connectivity index (χ0n) is 9.37. The van der Waals surface area contributed by atoms with Crippen LogP contribution in [0.4, 0.5) is 0 Å². The Balaban J connectivity index is 5.11. The Bertz CT molecular complexity index is 296. The summed E-state index contributed by atoms with van der Waals surface area (Å²) in [5, 5.41) is 14.6. The third-order valence-electron chi connectivity index (χ3n) is 2.10. The fraction of sp³-hybridized carbons (Fsp3) is 0.600. The van der Waals surface area contributed by atoms with Gasteiger partial charge in [0.2, 0.25) is 5.91 Å². The van der Waals surface area contributed by atoms with Gasteiger partial charge in [0.05, 0.1) is 11.4 Å². The van der Waals surface area contributed by atoms with E-state index in [1.165, 1.54) is 0 Å². The Morgan fingerprint density at radius 2 is 2.13 bits per heavy atom. The van der Waals surface area contributed by atoms with Crippen LogP contribution in [0, 0.1) is 16.7 Å². The Labute approximate surface area is 89.8 Å². The molecule has 15 heavy (non-hydrogen) atoms. The van der Waals surface area contributed by atoms with E-state index in [4.69, 9.17) is 16.6 Å². The van der Waals surface area contributed by atoms with Crippen LogP contribution in [-0.4, -0.2) is 29.6 Å². The van der Waals surface area contributed by atoms with Crippen LogP contribution in [0.3, 0.4) is 0 Å². The molecule has 0 rings (SSSR count). The number of hydrogen-bond donors (Lipinski definition) is 3. The van der Waals surface area contributed by atoms with Crippen molar-refractivity contribution in [3.05, 3.63) is 0 Å². The lowest BCUT2D eigenvalue weighted by Crippen LogP contribution is -2.35. The molecule has 0 saturated heterocycles. The molecule has 2 atom stereocenters. The van der Waals surface area contributed by atoms with Crippen LogP contribution in [0.15, 0.2) is 4.99 Å². The summed E-state index contributed by atoms with van der Waals surface area (Å²) in [7, 11) is 0. The van der Waals surface area contributed by atoms with Gasteiger partial charge in [-0.05, 0) is 20.3 Å². The quantitative estimate of drug-likeness (QED) is 0.560. The van der Waals surface area contributed by atoms with Crippen LogP contribution in [0.25, 0.3) is 0 Å². The summed E-state index contributed by atoms with van der Waals surface area (Å²) in [6.45, 7) is 5.40. The van der Waals surface area contributed by atoms with Gasteiger partial charge < -0.3 is 16.6 Å². The Morgan fingerprint density at radius 1 is 1.60 bits per heavy atom. The van der Waals surface area contributed by atoms with E-state index in [9.17, 15) is 4.79 Å². The third-order valence-corrected chi connectivity index (χ3v) is 2.10. The van der Waals surface area contributed by atoms with Crippen molar-refractivity contribution < 1.29 is 4.79 Å². The van der Waals surface area contributed by atoms with Crippen LogP contribution in [0.5, 0.6) is 0 Å². The lowest BCUT2D eigenvalue weighted by molar-refractivity contribution is -0.118. The first kappa shape index (κ1) is 13.5. The molecule has 4 N–H and O–H groups in total. The zero-order valence-corrected chi connectivity index (χ0v) is 9.37. The predicted molar refractivity (Wildman–Crippen MR) is 62.1 cm³/mol. The molecule has 2 unspecified atom stereocenters. The third kappa shape index (κ3) is 4.01. The second-order valence-electron chi connectivity index (χ2n) is 3.44. The van der Waals surface area contributed by atoms with Crippen molar-refractivity contribution in [2.45, 2.75) is 33.2 Å². The van der Waals surface area contributed by atoms with E-state index in [1.54, 1.807) is 6.92 Å². The first-order chi connectivity index (χ1) is 6.93. The van der Waals surface area contributed by atoms with Crippen LogP contribution in [0.2, 0.25) is 0 Å². The number of nitrogens with two attached hydrogens (primary N) is 1. The normalized spacial score (nSPS) is 15.5. The molecular weight excluding hydrogens is 192 g/mol. The van der Waals surface area contributed by atoms with Gasteiger partial charge in [0.25, 0.3) is 0 Å². The van der Waals surface area contributed by atoms with E-state index < -0.39 is 11.8 Å². The van der Waals surface area contributed by atoms with Gasteiger partial charge in [-0.1, -0.05) is 6.92 Å². The molecule has 0 aliphatic heterocycles. The summed E-state index contributed by atoms with van der Waals surface area (Å²) < 4.78 is 0. The maximum absolute atomic E-state index is 11.0. The molecule has 5 heteroatoms. The summed E-state index contributed by atoms with van der Waals surface area (Å²) >= 11 is 0. The fourth-order valence-corrected chi connectivity index (χ4v) is 1.03. The Hall–Kier alpha value is -1.52. The lowest BCUT2D eigenvalue weighted by Gasteiger charge is -2.13. The summed E-state index contributed by atoms with van der Waals surface area (Å²) in [4.78, 5) is 15.3. The van der Waals surface area contributed by atoms with Crippen LogP contribution in [-0.2, 0) is 4.79 Å². The van der Waals surface area contributed by atoms with Gasteiger partial charge in [-0.3, -0.25) is 9.79 Å². The molecule has 5 nitrogen and oxygen atoms in total. The second kappa shape index (κ2) is 6.06. The molecule has 0 fully saturated rings. The molecule has 84 valence electrons. The van der Waals surface area contributed by atoms with Crippen LogP contribution >= 0.6 is 0 Å². The van der Waals surface area contributed by atoms with Crippen molar-refractivity contribution in [3.8, 4) is 0 Å². The number of carbonyl (C=O) groups excluding carboxylic acids is 1. The number of carbonyl (C=O) groups is 1. The van der Waals surface area contributed by atoms with E-state index in [2.05, 4.69) is 4.99 Å². The van der Waals surface area contributed by atoms with Gasteiger partial charge in [-0.2, -0.15) is 0 Å². The highest BCUT2D eigenvalue weighted by molar-refractivity contribution is 6.47. The summed E-state index contributed by atoms with van der Waals surface area (Å²) in [6, 6.07) is 0.0297. The molecule has 0 bridgehead atoms. The van der Waals surface area contributed by atoms with E-state index >= 15 is 0 Å². The highest BCUT2D eigenvalue weighted by atomic mass is 16.1. The van der Waals surface area contributed by atoms with E-state index in [-0.39, 0.29) is 11.8 Å². The van der Waals surface area contributed by atoms with Crippen molar-refractivity contribution in [3.63, 3.8) is 0 Å². The summed E-state index contributed by atoms with van der Waals surface area (Å²) in [5.41, 5.74) is 5.62. The van der Waals surface area contributed by atoms with Gasteiger partial charge in [0.1, 0.15) is 5.92 Å². The minimum absolute atomic E-state index is 0.0297. The number of amides is 1. The zero-order chi connectivity index (χ0) is 12.0. The fourth-order valence-electron chi connectivity index (χ4n) is 1.03. The average molecular weight is 210 g/mol. The lowest BCUT2D eigenvalue weighted by atomic mass is 10.00. The standard InChI is InChI=1S/C10H18N4O/c1-4-6(2)14-9(7(3)12)8(5-11)10(13)15/h5-6,8,11-12H,4H2,1-3H3,(H2,13,15). The van der Waals surface area contributed by atoms with Crippen LogP contribution in [0.1, 0.15) is 27.2 Å². The van der Waals surface area contributed by atoms with Gasteiger partial charge in [0, 0.05) is 12.3 Å². The molecule has 0 aliphatic carbocycles. The molecule has 0 aromatic heterocycles. The molecule has 0 aromatic carbocycles. The molecule has 1 amide bonds. The summed E-state index contributed by atoms with van der Waals surface area (Å²) in [5.74, 6) is -1.52. The van der Waals surface area contributed by atoms with Gasteiger partial charge in [0.15, 0.2) is 0 Å². The topological polar surface area (TPSA) is 103 Å². The summed E-state index contributed by atoms with van der Waals surface area (Å²) in [6.07, 6.45) is 1.75. The average Bonchev–Trinajstić information content (AvgIpc) is 2.16. The van der Waals surface area contributed by atoms with Crippen molar-refractivity contribution in [2.24, 2.45) is 16.6 Å². The number of nitrogens with one attached hydrogen (secondary N) is 2.